The van der Waals surface area contributed by atoms with E-state index in [0.29, 0.717) is 18.5 Å². The second-order valence-corrected chi connectivity index (χ2v) is 6.34. The van der Waals surface area contributed by atoms with Crippen LogP contribution in [0, 0.1) is 17.6 Å². The molecule has 2 aliphatic heterocycles. The maximum Gasteiger partial charge on any atom is 0.251 e. The lowest BCUT2D eigenvalue weighted by Gasteiger charge is -2.35. The highest BCUT2D eigenvalue weighted by atomic mass is 19.2. The number of hydrogen-bond acceptors (Lipinski definition) is 3. The predicted octanol–water partition coefficient (Wildman–Crippen LogP) is 2.20. The van der Waals surface area contributed by atoms with Crippen molar-refractivity contribution in [2.24, 2.45) is 5.92 Å². The van der Waals surface area contributed by atoms with Gasteiger partial charge in [0.2, 0.25) is 0 Å². The molecule has 0 aromatic heterocycles. The van der Waals surface area contributed by atoms with Crippen LogP contribution >= 0.6 is 0 Å². The minimum absolute atomic E-state index is 0.157. The number of carbonyl (C=O) groups is 1. The number of amides is 1. The predicted molar refractivity (Wildman–Crippen MR) is 82.2 cm³/mol. The monoisotopic (exact) mass is 324 g/mol. The summed E-state index contributed by atoms with van der Waals surface area (Å²) in [6.07, 6.45) is 3.18. The summed E-state index contributed by atoms with van der Waals surface area (Å²) in [4.78, 5) is 14.5. The molecular weight excluding hydrogens is 302 g/mol. The van der Waals surface area contributed by atoms with Gasteiger partial charge in [0.1, 0.15) is 0 Å². The van der Waals surface area contributed by atoms with Crippen molar-refractivity contribution in [2.45, 2.75) is 25.3 Å². The number of ether oxygens (including phenoxy) is 1. The molecule has 0 bridgehead atoms. The van der Waals surface area contributed by atoms with E-state index in [1.54, 1.807) is 0 Å². The van der Waals surface area contributed by atoms with Crippen LogP contribution in [-0.2, 0) is 4.74 Å². The summed E-state index contributed by atoms with van der Waals surface area (Å²) >= 11 is 0. The molecule has 2 heterocycles. The first-order valence-corrected chi connectivity index (χ1v) is 8.18. The average Bonchev–Trinajstić information content (AvgIpc) is 3.10. The summed E-state index contributed by atoms with van der Waals surface area (Å²) in [5.41, 5.74) is 0.157. The lowest BCUT2D eigenvalue weighted by atomic mass is 9.95. The van der Waals surface area contributed by atoms with Gasteiger partial charge >= 0.3 is 0 Å². The number of nitrogens with zero attached hydrogens (tertiary/aromatic N) is 1. The van der Waals surface area contributed by atoms with E-state index in [1.807, 2.05) is 0 Å². The van der Waals surface area contributed by atoms with Crippen molar-refractivity contribution < 1.29 is 18.3 Å². The first-order chi connectivity index (χ1) is 11.1. The summed E-state index contributed by atoms with van der Waals surface area (Å²) < 4.78 is 31.5. The molecule has 2 aliphatic rings. The van der Waals surface area contributed by atoms with Crippen LogP contribution in [0.15, 0.2) is 18.2 Å². The highest BCUT2D eigenvalue weighted by Gasteiger charge is 2.27. The molecule has 1 atom stereocenters. The Kier molecular flexibility index (Phi) is 5.23. The third-order valence-corrected chi connectivity index (χ3v) is 4.80. The van der Waals surface area contributed by atoms with Crippen LogP contribution in [0.3, 0.4) is 0 Å². The fourth-order valence-electron chi connectivity index (χ4n) is 3.31. The molecule has 1 unspecified atom stereocenters. The van der Waals surface area contributed by atoms with Gasteiger partial charge < -0.3 is 10.1 Å². The van der Waals surface area contributed by atoms with Gasteiger partial charge in [-0.1, -0.05) is 0 Å². The number of nitrogens with one attached hydrogen (secondary N) is 1. The standard InChI is InChI=1S/C17H22F2N2O2/c18-15-2-1-13(9-16(15)19)17(22)20-10-12-3-6-21(7-4-12)14-5-8-23-11-14/h1-2,9,12,14H,3-8,10-11H2,(H,20,22). The summed E-state index contributed by atoms with van der Waals surface area (Å²) in [6, 6.07) is 3.77. The van der Waals surface area contributed by atoms with E-state index >= 15 is 0 Å². The zero-order valence-corrected chi connectivity index (χ0v) is 13.1. The number of hydrogen-bond donors (Lipinski definition) is 1. The second-order valence-electron chi connectivity index (χ2n) is 6.34. The Labute approximate surface area is 134 Å². The summed E-state index contributed by atoms with van der Waals surface area (Å²) in [6.45, 7) is 4.32. The third kappa shape index (κ3) is 4.06. The molecule has 126 valence electrons. The van der Waals surface area contributed by atoms with Crippen molar-refractivity contribution in [1.29, 1.82) is 0 Å². The van der Waals surface area contributed by atoms with Crippen LogP contribution in [0.1, 0.15) is 29.6 Å². The van der Waals surface area contributed by atoms with E-state index in [-0.39, 0.29) is 11.5 Å². The second kappa shape index (κ2) is 7.36. The molecule has 1 aromatic carbocycles. The molecule has 0 saturated carbocycles. The van der Waals surface area contributed by atoms with Crippen molar-refractivity contribution in [3.05, 3.63) is 35.4 Å². The Morgan fingerprint density at radius 3 is 2.65 bits per heavy atom. The molecule has 3 rings (SSSR count). The Hall–Kier alpha value is -1.53. The van der Waals surface area contributed by atoms with E-state index in [2.05, 4.69) is 10.2 Å². The topological polar surface area (TPSA) is 41.6 Å². The Morgan fingerprint density at radius 1 is 1.22 bits per heavy atom. The molecule has 1 amide bonds. The normalized spacial score (nSPS) is 23.1. The molecule has 2 saturated heterocycles. The first-order valence-electron chi connectivity index (χ1n) is 8.18. The van der Waals surface area contributed by atoms with Crippen LogP contribution in [0.25, 0.3) is 0 Å². The van der Waals surface area contributed by atoms with Gasteiger partial charge in [-0.05, 0) is 56.5 Å². The van der Waals surface area contributed by atoms with Crippen molar-refractivity contribution in [3.63, 3.8) is 0 Å². The molecule has 1 aromatic rings. The number of carbonyl (C=O) groups excluding carboxylic acids is 1. The van der Waals surface area contributed by atoms with Crippen LogP contribution < -0.4 is 5.32 Å². The van der Waals surface area contributed by atoms with Crippen LogP contribution in [0.2, 0.25) is 0 Å². The van der Waals surface area contributed by atoms with Gasteiger partial charge in [-0.3, -0.25) is 9.69 Å². The number of piperidine rings is 1. The zero-order chi connectivity index (χ0) is 16.2. The Morgan fingerprint density at radius 2 is 2.00 bits per heavy atom. The molecule has 2 fully saturated rings. The van der Waals surface area contributed by atoms with Gasteiger partial charge in [0, 0.05) is 24.8 Å². The van der Waals surface area contributed by atoms with Gasteiger partial charge in [-0.2, -0.15) is 0 Å². The van der Waals surface area contributed by atoms with Crippen LogP contribution in [0.5, 0.6) is 0 Å². The first kappa shape index (κ1) is 16.3. The lowest BCUT2D eigenvalue weighted by molar-refractivity contribution is 0.0910. The van der Waals surface area contributed by atoms with E-state index < -0.39 is 11.6 Å². The van der Waals surface area contributed by atoms with Gasteiger partial charge in [-0.25, -0.2) is 8.78 Å². The van der Waals surface area contributed by atoms with Crippen molar-refractivity contribution in [1.82, 2.24) is 10.2 Å². The number of benzene rings is 1. The minimum atomic E-state index is -0.996. The highest BCUT2D eigenvalue weighted by molar-refractivity contribution is 5.94. The third-order valence-electron chi connectivity index (χ3n) is 4.80. The van der Waals surface area contributed by atoms with Crippen molar-refractivity contribution >= 4 is 5.91 Å². The van der Waals surface area contributed by atoms with E-state index in [9.17, 15) is 13.6 Å². The van der Waals surface area contributed by atoms with Crippen LogP contribution in [-0.4, -0.2) is 49.7 Å². The van der Waals surface area contributed by atoms with Crippen LogP contribution in [0.4, 0.5) is 8.78 Å². The lowest BCUT2D eigenvalue weighted by Crippen LogP contribution is -2.43. The van der Waals surface area contributed by atoms with Gasteiger partial charge in [-0.15, -0.1) is 0 Å². The van der Waals surface area contributed by atoms with Gasteiger partial charge in [0.15, 0.2) is 11.6 Å². The molecule has 23 heavy (non-hydrogen) atoms. The molecule has 6 heteroatoms. The maximum atomic E-state index is 13.2. The fraction of sp³-hybridized carbons (Fsp3) is 0.588. The Balaban J connectivity index is 1.44. The number of likely N-dealkylation sites (tertiary alicyclic amines) is 1. The van der Waals surface area contributed by atoms with E-state index in [1.165, 1.54) is 6.07 Å². The highest BCUT2D eigenvalue weighted by Crippen LogP contribution is 2.22. The van der Waals surface area contributed by atoms with Crippen molar-refractivity contribution in [2.75, 3.05) is 32.8 Å². The smallest absolute Gasteiger partial charge is 0.251 e. The average molecular weight is 324 g/mol. The zero-order valence-electron chi connectivity index (χ0n) is 13.1. The molecule has 0 aliphatic carbocycles. The van der Waals surface area contributed by atoms with Gasteiger partial charge in [0.05, 0.1) is 6.61 Å². The molecule has 4 nitrogen and oxygen atoms in total. The maximum absolute atomic E-state index is 13.2. The molecule has 0 spiro atoms. The SMILES string of the molecule is O=C(NCC1CCN(C2CCOC2)CC1)c1ccc(F)c(F)c1. The van der Waals surface area contributed by atoms with E-state index in [4.69, 9.17) is 4.74 Å². The number of rotatable bonds is 4. The summed E-state index contributed by atoms with van der Waals surface area (Å²) in [5.74, 6) is -1.85. The van der Waals surface area contributed by atoms with E-state index in [0.717, 1.165) is 57.7 Å². The quantitative estimate of drug-likeness (QED) is 0.923. The fourth-order valence-corrected chi connectivity index (χ4v) is 3.31. The Bertz CT molecular complexity index is 554. The molecule has 1 N–H and O–H groups in total. The summed E-state index contributed by atoms with van der Waals surface area (Å²) in [7, 11) is 0. The molecule has 0 radical (unpaired) electrons. The summed E-state index contributed by atoms with van der Waals surface area (Å²) in [5, 5.41) is 2.83. The largest absolute Gasteiger partial charge is 0.380 e. The van der Waals surface area contributed by atoms with Gasteiger partial charge in [0.25, 0.3) is 5.91 Å². The number of halogens is 2. The van der Waals surface area contributed by atoms with Crippen molar-refractivity contribution in [3.8, 4) is 0 Å². The molecular formula is C17H22F2N2O2. The minimum Gasteiger partial charge on any atom is -0.380 e.